The van der Waals surface area contributed by atoms with E-state index in [-0.39, 0.29) is 24.4 Å². The highest BCUT2D eigenvalue weighted by molar-refractivity contribution is 6.34. The predicted molar refractivity (Wildman–Crippen MR) is 101 cm³/mol. The van der Waals surface area contributed by atoms with E-state index in [1.165, 1.54) is 0 Å². The van der Waals surface area contributed by atoms with E-state index in [2.05, 4.69) is 0 Å². The van der Waals surface area contributed by atoms with Crippen LogP contribution in [0, 0.1) is 0 Å². The minimum absolute atomic E-state index is 0. The smallest absolute Gasteiger partial charge is 0.255 e. The van der Waals surface area contributed by atoms with Crippen molar-refractivity contribution in [2.75, 3.05) is 25.4 Å². The summed E-state index contributed by atoms with van der Waals surface area (Å²) in [7, 11) is 0. The summed E-state index contributed by atoms with van der Waals surface area (Å²) in [6.45, 7) is 3.28. The summed E-state index contributed by atoms with van der Waals surface area (Å²) in [5, 5.41) is 0.351. The second-order valence-electron chi connectivity index (χ2n) is 5.58. The molecule has 2 aromatic rings. The molecule has 3 rings (SSSR count). The SMILES string of the molecule is CCN(CC1COc2ccccc2O1)C(=O)c1ccc(N)cc1Cl.Cl. The van der Waals surface area contributed by atoms with E-state index in [0.717, 1.165) is 5.75 Å². The monoisotopic (exact) mass is 382 g/mol. The number of rotatable bonds is 4. The number of nitrogens with two attached hydrogens (primary N) is 1. The second kappa shape index (κ2) is 8.32. The van der Waals surface area contributed by atoms with Crippen molar-refractivity contribution in [3.05, 3.63) is 53.1 Å². The van der Waals surface area contributed by atoms with Crippen LogP contribution in [0.15, 0.2) is 42.5 Å². The number of nitrogen functional groups attached to an aromatic ring is 1. The standard InChI is InChI=1S/C18H19ClN2O3.ClH/c1-2-21(18(22)14-8-7-12(20)9-15(14)19)10-13-11-23-16-5-3-4-6-17(16)24-13;/h3-9,13H,2,10-11,20H2,1H3;1H. The molecule has 0 saturated heterocycles. The van der Waals surface area contributed by atoms with E-state index in [4.69, 9.17) is 26.8 Å². The topological polar surface area (TPSA) is 64.8 Å². The van der Waals surface area contributed by atoms with Crippen molar-refractivity contribution in [1.82, 2.24) is 4.90 Å². The maximum atomic E-state index is 12.7. The Morgan fingerprint density at radius 1 is 1.28 bits per heavy atom. The molecule has 0 bridgehead atoms. The molecule has 7 heteroatoms. The molecule has 1 atom stereocenters. The van der Waals surface area contributed by atoms with E-state index in [9.17, 15) is 4.79 Å². The van der Waals surface area contributed by atoms with Crippen molar-refractivity contribution in [3.8, 4) is 11.5 Å². The third-order valence-electron chi connectivity index (χ3n) is 3.88. The highest BCUT2D eigenvalue weighted by Crippen LogP contribution is 2.31. The zero-order valence-corrected chi connectivity index (χ0v) is 15.3. The van der Waals surface area contributed by atoms with Crippen LogP contribution in [-0.2, 0) is 0 Å². The van der Waals surface area contributed by atoms with Gasteiger partial charge in [0.05, 0.1) is 17.1 Å². The van der Waals surface area contributed by atoms with Crippen LogP contribution >= 0.6 is 24.0 Å². The first kappa shape index (κ1) is 19.2. The Morgan fingerprint density at radius 3 is 2.68 bits per heavy atom. The van der Waals surface area contributed by atoms with Gasteiger partial charge in [0.2, 0.25) is 0 Å². The number of hydrogen-bond acceptors (Lipinski definition) is 4. The third-order valence-corrected chi connectivity index (χ3v) is 4.20. The van der Waals surface area contributed by atoms with Gasteiger partial charge in [-0.3, -0.25) is 4.79 Å². The predicted octanol–water partition coefficient (Wildman–Crippen LogP) is 3.65. The lowest BCUT2D eigenvalue weighted by Crippen LogP contribution is -2.43. The molecule has 5 nitrogen and oxygen atoms in total. The molecule has 1 aliphatic heterocycles. The molecule has 0 radical (unpaired) electrons. The lowest BCUT2D eigenvalue weighted by Gasteiger charge is -2.31. The molecule has 0 saturated carbocycles. The minimum Gasteiger partial charge on any atom is -0.486 e. The van der Waals surface area contributed by atoms with Crippen molar-refractivity contribution in [1.29, 1.82) is 0 Å². The van der Waals surface area contributed by atoms with Crippen molar-refractivity contribution >= 4 is 35.6 Å². The number of halogens is 2. The number of likely N-dealkylation sites (N-methyl/N-ethyl adjacent to an activating group) is 1. The number of benzene rings is 2. The molecule has 1 heterocycles. The Bertz CT molecular complexity index is 755. The summed E-state index contributed by atoms with van der Waals surface area (Å²) in [6, 6.07) is 12.4. The van der Waals surface area contributed by atoms with E-state index in [1.807, 2.05) is 31.2 Å². The van der Waals surface area contributed by atoms with Gasteiger partial charge in [0.1, 0.15) is 6.61 Å². The maximum Gasteiger partial charge on any atom is 0.255 e. The highest BCUT2D eigenvalue weighted by atomic mass is 35.5. The minimum atomic E-state index is -0.226. The van der Waals surface area contributed by atoms with Gasteiger partial charge in [-0.2, -0.15) is 0 Å². The Hall–Kier alpha value is -2.11. The van der Waals surface area contributed by atoms with Crippen LogP contribution in [0.4, 0.5) is 5.69 Å². The summed E-state index contributed by atoms with van der Waals surface area (Å²) >= 11 is 6.15. The van der Waals surface area contributed by atoms with Crippen LogP contribution in [-0.4, -0.2) is 36.6 Å². The summed E-state index contributed by atoms with van der Waals surface area (Å²) in [5.41, 5.74) is 6.65. The fourth-order valence-corrected chi connectivity index (χ4v) is 2.90. The Labute approximate surface area is 158 Å². The van der Waals surface area contributed by atoms with Gasteiger partial charge in [0, 0.05) is 12.2 Å². The van der Waals surface area contributed by atoms with Gasteiger partial charge in [-0.15, -0.1) is 12.4 Å². The van der Waals surface area contributed by atoms with Crippen LogP contribution in [0.2, 0.25) is 5.02 Å². The Morgan fingerprint density at radius 2 is 2.00 bits per heavy atom. The average molecular weight is 383 g/mol. The molecule has 1 aliphatic rings. The first-order chi connectivity index (χ1) is 11.6. The number of carbonyl (C=O) groups is 1. The van der Waals surface area contributed by atoms with Gasteiger partial charge in [-0.25, -0.2) is 0 Å². The van der Waals surface area contributed by atoms with Crippen molar-refractivity contribution in [2.45, 2.75) is 13.0 Å². The van der Waals surface area contributed by atoms with Crippen LogP contribution in [0.1, 0.15) is 17.3 Å². The first-order valence-electron chi connectivity index (χ1n) is 7.81. The molecular formula is C18H20Cl2N2O3. The number of anilines is 1. The quantitative estimate of drug-likeness (QED) is 0.819. The van der Waals surface area contributed by atoms with Crippen LogP contribution in [0.25, 0.3) is 0 Å². The third kappa shape index (κ3) is 4.30. The van der Waals surface area contributed by atoms with Crippen molar-refractivity contribution in [3.63, 3.8) is 0 Å². The van der Waals surface area contributed by atoms with Crippen LogP contribution in [0.5, 0.6) is 11.5 Å². The van der Waals surface area contributed by atoms with Gasteiger partial charge < -0.3 is 20.1 Å². The molecule has 25 heavy (non-hydrogen) atoms. The molecule has 134 valence electrons. The van der Waals surface area contributed by atoms with Gasteiger partial charge in [0.15, 0.2) is 17.6 Å². The molecule has 2 N–H and O–H groups in total. The largest absolute Gasteiger partial charge is 0.486 e. The number of fused-ring (bicyclic) bond motifs is 1. The molecule has 2 aromatic carbocycles. The molecule has 0 spiro atoms. The van der Waals surface area contributed by atoms with Gasteiger partial charge in [0.25, 0.3) is 5.91 Å². The van der Waals surface area contributed by atoms with E-state index >= 15 is 0 Å². The number of amides is 1. The number of para-hydroxylation sites is 2. The van der Waals surface area contributed by atoms with E-state index in [0.29, 0.717) is 41.7 Å². The van der Waals surface area contributed by atoms with Gasteiger partial charge in [-0.1, -0.05) is 23.7 Å². The van der Waals surface area contributed by atoms with Crippen molar-refractivity contribution < 1.29 is 14.3 Å². The Balaban J connectivity index is 0.00000225. The summed E-state index contributed by atoms with van der Waals surface area (Å²) in [5.74, 6) is 1.28. The number of nitrogens with zero attached hydrogens (tertiary/aromatic N) is 1. The Kier molecular flexibility index (Phi) is 6.39. The van der Waals surface area contributed by atoms with E-state index < -0.39 is 0 Å². The van der Waals surface area contributed by atoms with E-state index in [1.54, 1.807) is 23.1 Å². The molecular weight excluding hydrogens is 363 g/mol. The number of ether oxygens (including phenoxy) is 2. The fraction of sp³-hybridized carbons (Fsp3) is 0.278. The van der Waals surface area contributed by atoms with Crippen LogP contribution in [0.3, 0.4) is 0 Å². The normalized spacial score (nSPS) is 15.2. The molecule has 1 unspecified atom stereocenters. The number of hydrogen-bond donors (Lipinski definition) is 1. The fourth-order valence-electron chi connectivity index (χ4n) is 2.63. The summed E-state index contributed by atoms with van der Waals surface area (Å²) in [4.78, 5) is 14.4. The summed E-state index contributed by atoms with van der Waals surface area (Å²) in [6.07, 6.45) is -0.226. The zero-order chi connectivity index (χ0) is 17.1. The maximum absolute atomic E-state index is 12.7. The number of carbonyl (C=O) groups excluding carboxylic acids is 1. The molecule has 0 aliphatic carbocycles. The molecule has 0 fully saturated rings. The second-order valence-corrected chi connectivity index (χ2v) is 5.99. The molecule has 0 aromatic heterocycles. The van der Waals surface area contributed by atoms with Crippen molar-refractivity contribution in [2.24, 2.45) is 0 Å². The summed E-state index contributed by atoms with van der Waals surface area (Å²) < 4.78 is 11.6. The lowest BCUT2D eigenvalue weighted by molar-refractivity contribution is 0.0475. The van der Waals surface area contributed by atoms with Crippen LogP contribution < -0.4 is 15.2 Å². The lowest BCUT2D eigenvalue weighted by atomic mass is 10.1. The van der Waals surface area contributed by atoms with Gasteiger partial charge in [-0.05, 0) is 37.3 Å². The first-order valence-corrected chi connectivity index (χ1v) is 8.19. The zero-order valence-electron chi connectivity index (χ0n) is 13.8. The highest BCUT2D eigenvalue weighted by Gasteiger charge is 2.26. The van der Waals surface area contributed by atoms with Gasteiger partial charge >= 0.3 is 0 Å². The molecule has 1 amide bonds. The average Bonchev–Trinajstić information content (AvgIpc) is 2.59.